The molecule has 0 spiro atoms. The van der Waals surface area contributed by atoms with Crippen molar-refractivity contribution in [2.45, 2.75) is 13.8 Å². The third-order valence-electron chi connectivity index (χ3n) is 3.62. The van der Waals surface area contributed by atoms with Gasteiger partial charge in [0.05, 0.1) is 12.1 Å². The number of fused-ring (bicyclic) bond motifs is 1. The summed E-state index contributed by atoms with van der Waals surface area (Å²) in [6.45, 7) is 3.85. The molecule has 0 atom stereocenters. The van der Waals surface area contributed by atoms with Crippen molar-refractivity contribution in [2.24, 2.45) is 0 Å². The van der Waals surface area contributed by atoms with Crippen LogP contribution in [0.25, 0.3) is 10.9 Å². The average molecular weight is 308 g/mol. The van der Waals surface area contributed by atoms with E-state index in [1.54, 1.807) is 43.3 Å². The zero-order valence-corrected chi connectivity index (χ0v) is 12.9. The molecule has 0 aliphatic heterocycles. The first-order chi connectivity index (χ1) is 11.1. The summed E-state index contributed by atoms with van der Waals surface area (Å²) in [5, 5.41) is 4.82. The van der Waals surface area contributed by atoms with Gasteiger partial charge < -0.3 is 4.74 Å². The van der Waals surface area contributed by atoms with Crippen LogP contribution < -0.4 is 0 Å². The van der Waals surface area contributed by atoms with Crippen molar-refractivity contribution in [2.75, 3.05) is 6.61 Å². The van der Waals surface area contributed by atoms with E-state index in [1.807, 2.05) is 19.1 Å². The second-order valence-electron chi connectivity index (χ2n) is 5.12. The molecule has 116 valence electrons. The van der Waals surface area contributed by atoms with E-state index in [2.05, 4.69) is 5.10 Å². The van der Waals surface area contributed by atoms with Gasteiger partial charge in [-0.05, 0) is 31.5 Å². The van der Waals surface area contributed by atoms with Crippen LogP contribution in [0.1, 0.15) is 33.3 Å². The molecular formula is C18H16N2O3. The minimum Gasteiger partial charge on any atom is -0.461 e. The van der Waals surface area contributed by atoms with Crippen LogP contribution in [-0.2, 0) is 4.74 Å². The molecular weight excluding hydrogens is 292 g/mol. The molecule has 0 aliphatic carbocycles. The lowest BCUT2D eigenvalue weighted by Gasteiger charge is -2.05. The largest absolute Gasteiger partial charge is 0.461 e. The smallest absolute Gasteiger partial charge is 0.359 e. The van der Waals surface area contributed by atoms with Gasteiger partial charge in [-0.2, -0.15) is 9.78 Å². The summed E-state index contributed by atoms with van der Waals surface area (Å²) < 4.78 is 6.30. The minimum absolute atomic E-state index is 0.157. The Bertz CT molecular complexity index is 896. The van der Waals surface area contributed by atoms with Crippen LogP contribution in [0, 0.1) is 6.92 Å². The Labute approximate surface area is 133 Å². The Hall–Kier alpha value is -2.95. The van der Waals surface area contributed by atoms with E-state index >= 15 is 0 Å². The number of carbonyl (C=O) groups excluding carboxylic acids is 2. The topological polar surface area (TPSA) is 61.2 Å². The molecule has 3 aromatic rings. The van der Waals surface area contributed by atoms with E-state index in [-0.39, 0.29) is 18.2 Å². The first-order valence-electron chi connectivity index (χ1n) is 7.38. The highest BCUT2D eigenvalue weighted by atomic mass is 16.5. The lowest BCUT2D eigenvalue weighted by Crippen LogP contribution is -2.16. The number of hydrogen-bond acceptors (Lipinski definition) is 4. The fourth-order valence-corrected chi connectivity index (χ4v) is 2.50. The molecule has 0 saturated carbocycles. The maximum atomic E-state index is 12.8. The lowest BCUT2D eigenvalue weighted by atomic mass is 10.1. The van der Waals surface area contributed by atoms with Crippen LogP contribution in [0.15, 0.2) is 48.5 Å². The number of aromatic nitrogens is 2. The molecule has 1 aromatic heterocycles. The number of para-hydroxylation sites is 1. The van der Waals surface area contributed by atoms with Gasteiger partial charge in [0, 0.05) is 10.9 Å². The van der Waals surface area contributed by atoms with Gasteiger partial charge in [0.25, 0.3) is 5.91 Å². The Morgan fingerprint density at radius 2 is 1.78 bits per heavy atom. The summed E-state index contributed by atoms with van der Waals surface area (Å²) >= 11 is 0. The third kappa shape index (κ3) is 2.61. The number of rotatable bonds is 3. The number of aryl methyl sites for hydroxylation is 1. The molecule has 0 aliphatic rings. The summed E-state index contributed by atoms with van der Waals surface area (Å²) in [7, 11) is 0. The lowest BCUT2D eigenvalue weighted by molar-refractivity contribution is 0.0521. The van der Waals surface area contributed by atoms with Crippen LogP contribution >= 0.6 is 0 Å². The molecule has 0 fully saturated rings. The standard InChI is InChI=1S/C18H16N2O3/c1-3-23-18(22)16-14-10-6-7-11-15(14)20(19-16)17(21)13-9-5-4-8-12(13)2/h4-11H,3H2,1-2H3. The fraction of sp³-hybridized carbons (Fsp3) is 0.167. The third-order valence-corrected chi connectivity index (χ3v) is 3.62. The van der Waals surface area contributed by atoms with Crippen molar-refractivity contribution in [1.82, 2.24) is 9.78 Å². The normalized spacial score (nSPS) is 10.7. The van der Waals surface area contributed by atoms with Gasteiger partial charge in [0.15, 0.2) is 5.69 Å². The highest BCUT2D eigenvalue weighted by Crippen LogP contribution is 2.21. The number of carbonyl (C=O) groups is 2. The van der Waals surface area contributed by atoms with Crippen molar-refractivity contribution in [3.8, 4) is 0 Å². The molecule has 0 bridgehead atoms. The molecule has 0 N–H and O–H groups in total. The second-order valence-corrected chi connectivity index (χ2v) is 5.12. The monoisotopic (exact) mass is 308 g/mol. The Morgan fingerprint density at radius 1 is 1.09 bits per heavy atom. The van der Waals surface area contributed by atoms with Crippen LogP contribution in [0.3, 0.4) is 0 Å². The first kappa shape index (κ1) is 15.0. The van der Waals surface area contributed by atoms with Crippen LogP contribution in [-0.4, -0.2) is 28.3 Å². The maximum absolute atomic E-state index is 12.8. The van der Waals surface area contributed by atoms with Crippen LogP contribution in [0.4, 0.5) is 0 Å². The van der Waals surface area contributed by atoms with E-state index in [4.69, 9.17) is 4.74 Å². The summed E-state index contributed by atoms with van der Waals surface area (Å²) in [6.07, 6.45) is 0. The number of esters is 1. The summed E-state index contributed by atoms with van der Waals surface area (Å²) in [4.78, 5) is 24.9. The van der Waals surface area contributed by atoms with Crippen molar-refractivity contribution in [3.63, 3.8) is 0 Å². The molecule has 1 heterocycles. The fourth-order valence-electron chi connectivity index (χ4n) is 2.50. The van der Waals surface area contributed by atoms with Crippen LogP contribution in [0.5, 0.6) is 0 Å². The number of nitrogens with zero attached hydrogens (tertiary/aromatic N) is 2. The summed E-state index contributed by atoms with van der Waals surface area (Å²) in [5.74, 6) is -0.796. The van der Waals surface area contributed by atoms with Crippen molar-refractivity contribution >= 4 is 22.8 Å². The molecule has 0 unspecified atom stereocenters. The first-order valence-corrected chi connectivity index (χ1v) is 7.38. The SMILES string of the molecule is CCOC(=O)c1nn(C(=O)c2ccccc2C)c2ccccc12. The molecule has 2 aromatic carbocycles. The van der Waals surface area contributed by atoms with E-state index in [0.29, 0.717) is 16.5 Å². The molecule has 0 radical (unpaired) electrons. The molecule has 0 saturated heterocycles. The van der Waals surface area contributed by atoms with Crippen molar-refractivity contribution in [1.29, 1.82) is 0 Å². The number of benzene rings is 2. The predicted molar refractivity (Wildman–Crippen MR) is 86.6 cm³/mol. The Morgan fingerprint density at radius 3 is 2.52 bits per heavy atom. The van der Waals surface area contributed by atoms with Gasteiger partial charge in [-0.25, -0.2) is 4.79 Å². The Balaban J connectivity index is 2.17. The zero-order chi connectivity index (χ0) is 16.4. The molecule has 5 nitrogen and oxygen atoms in total. The van der Waals surface area contributed by atoms with Crippen molar-refractivity contribution in [3.05, 3.63) is 65.4 Å². The van der Waals surface area contributed by atoms with Gasteiger partial charge >= 0.3 is 5.97 Å². The predicted octanol–water partition coefficient (Wildman–Crippen LogP) is 3.21. The van der Waals surface area contributed by atoms with Crippen LogP contribution in [0.2, 0.25) is 0 Å². The van der Waals surface area contributed by atoms with E-state index in [9.17, 15) is 9.59 Å². The number of hydrogen-bond donors (Lipinski definition) is 0. The van der Waals surface area contributed by atoms with Gasteiger partial charge in [0.2, 0.25) is 0 Å². The van der Waals surface area contributed by atoms with Gasteiger partial charge in [-0.3, -0.25) is 4.79 Å². The van der Waals surface area contributed by atoms with Crippen molar-refractivity contribution < 1.29 is 14.3 Å². The average Bonchev–Trinajstić information content (AvgIpc) is 2.95. The number of ether oxygens (including phenoxy) is 1. The zero-order valence-electron chi connectivity index (χ0n) is 12.9. The summed E-state index contributed by atoms with van der Waals surface area (Å²) in [6, 6.07) is 14.4. The van der Waals surface area contributed by atoms with E-state index < -0.39 is 5.97 Å². The quantitative estimate of drug-likeness (QED) is 0.697. The molecule has 23 heavy (non-hydrogen) atoms. The second kappa shape index (κ2) is 6.04. The van der Waals surface area contributed by atoms with E-state index in [0.717, 1.165) is 5.56 Å². The highest BCUT2D eigenvalue weighted by molar-refractivity contribution is 6.07. The van der Waals surface area contributed by atoms with E-state index in [1.165, 1.54) is 4.68 Å². The molecule has 0 amide bonds. The van der Waals surface area contributed by atoms with Gasteiger partial charge in [-0.1, -0.05) is 36.4 Å². The van der Waals surface area contributed by atoms with Gasteiger partial charge in [-0.15, -0.1) is 0 Å². The Kier molecular flexibility index (Phi) is 3.93. The highest BCUT2D eigenvalue weighted by Gasteiger charge is 2.22. The molecule has 3 rings (SSSR count). The maximum Gasteiger partial charge on any atom is 0.359 e. The minimum atomic E-state index is -0.528. The molecule has 5 heteroatoms. The van der Waals surface area contributed by atoms with Gasteiger partial charge in [0.1, 0.15) is 0 Å². The summed E-state index contributed by atoms with van der Waals surface area (Å²) in [5.41, 5.74) is 2.15.